The summed E-state index contributed by atoms with van der Waals surface area (Å²) in [6.45, 7) is 0. The first-order chi connectivity index (χ1) is 12.1. The van der Waals surface area contributed by atoms with E-state index in [0.29, 0.717) is 29.3 Å². The number of halogens is 1. The minimum atomic E-state index is -0.762. The van der Waals surface area contributed by atoms with Gasteiger partial charge in [-0.2, -0.15) is 0 Å². The third-order valence-electron chi connectivity index (χ3n) is 3.70. The summed E-state index contributed by atoms with van der Waals surface area (Å²) in [5.74, 6) is 0.934. The Hall–Kier alpha value is -2.80. The van der Waals surface area contributed by atoms with Crippen molar-refractivity contribution in [3.05, 3.63) is 47.2 Å². The lowest BCUT2D eigenvalue weighted by molar-refractivity contribution is -0.125. The summed E-state index contributed by atoms with van der Waals surface area (Å²) in [7, 11) is 3.14. The van der Waals surface area contributed by atoms with Crippen molar-refractivity contribution in [2.24, 2.45) is 5.16 Å². The maximum absolute atomic E-state index is 12.4. The smallest absolute Gasteiger partial charge is 0.268 e. The number of benzene rings is 1. The van der Waals surface area contributed by atoms with E-state index >= 15 is 0 Å². The van der Waals surface area contributed by atoms with Gasteiger partial charge in [-0.25, -0.2) is 4.98 Å². The molecule has 1 aliphatic rings. The third-order valence-corrected chi connectivity index (χ3v) is 4.00. The van der Waals surface area contributed by atoms with Crippen LogP contribution in [0.15, 0.2) is 41.7 Å². The fraction of sp³-hybridized carbons (Fsp3) is 0.235. The molecule has 2 aromatic rings. The van der Waals surface area contributed by atoms with Crippen molar-refractivity contribution in [3.63, 3.8) is 0 Å². The number of aromatic nitrogens is 1. The first-order valence-electron chi connectivity index (χ1n) is 7.49. The molecule has 1 aliphatic heterocycles. The van der Waals surface area contributed by atoms with Gasteiger partial charge in [-0.15, -0.1) is 0 Å². The Bertz CT molecular complexity index is 825. The number of oxime groups is 1. The molecule has 3 rings (SSSR count). The summed E-state index contributed by atoms with van der Waals surface area (Å²) in [6, 6.07) is 8.70. The molecule has 1 amide bonds. The molecule has 0 saturated carbocycles. The number of anilines is 1. The number of nitrogens with zero attached hydrogens (tertiary/aromatic N) is 2. The van der Waals surface area contributed by atoms with E-state index in [1.807, 2.05) is 0 Å². The topological polar surface area (TPSA) is 82.0 Å². The highest BCUT2D eigenvalue weighted by atomic mass is 35.5. The van der Waals surface area contributed by atoms with E-state index < -0.39 is 6.10 Å². The molecular weight excluding hydrogens is 346 g/mol. The number of amides is 1. The number of carbonyl (C=O) groups excluding carboxylic acids is 1. The van der Waals surface area contributed by atoms with E-state index in [-0.39, 0.29) is 11.1 Å². The third kappa shape index (κ3) is 3.66. The van der Waals surface area contributed by atoms with E-state index in [1.54, 1.807) is 50.7 Å². The van der Waals surface area contributed by atoms with Crippen LogP contribution in [0.5, 0.6) is 11.5 Å². The van der Waals surface area contributed by atoms with Crippen molar-refractivity contribution in [2.75, 3.05) is 19.5 Å². The van der Waals surface area contributed by atoms with Gasteiger partial charge in [0.25, 0.3) is 5.91 Å². The van der Waals surface area contributed by atoms with E-state index in [1.165, 1.54) is 0 Å². The second-order valence-electron chi connectivity index (χ2n) is 5.23. The lowest BCUT2D eigenvalue weighted by Crippen LogP contribution is -2.28. The summed E-state index contributed by atoms with van der Waals surface area (Å²) in [6.07, 6.45) is 1.08. The van der Waals surface area contributed by atoms with Gasteiger partial charge in [0, 0.05) is 18.2 Å². The number of ether oxygens (including phenoxy) is 2. The monoisotopic (exact) mass is 361 g/mol. The van der Waals surface area contributed by atoms with Crippen LogP contribution in [-0.2, 0) is 9.63 Å². The van der Waals surface area contributed by atoms with Gasteiger partial charge in [0.2, 0.25) is 6.10 Å². The van der Waals surface area contributed by atoms with Crippen LogP contribution in [0, 0.1) is 0 Å². The van der Waals surface area contributed by atoms with Gasteiger partial charge in [0.05, 0.1) is 25.6 Å². The molecule has 1 aromatic heterocycles. The average Bonchev–Trinajstić information content (AvgIpc) is 3.13. The fourth-order valence-electron chi connectivity index (χ4n) is 2.41. The summed E-state index contributed by atoms with van der Waals surface area (Å²) in [5, 5.41) is 6.93. The van der Waals surface area contributed by atoms with E-state index in [2.05, 4.69) is 15.5 Å². The molecule has 130 valence electrons. The second-order valence-corrected chi connectivity index (χ2v) is 5.59. The highest BCUT2D eigenvalue weighted by Gasteiger charge is 2.30. The van der Waals surface area contributed by atoms with Crippen LogP contribution in [0.25, 0.3) is 0 Å². The maximum Gasteiger partial charge on any atom is 0.268 e. The van der Waals surface area contributed by atoms with Crippen LogP contribution >= 0.6 is 11.6 Å². The number of pyridine rings is 1. The molecule has 1 aromatic carbocycles. The predicted molar refractivity (Wildman–Crippen MR) is 93.4 cm³/mol. The minimum Gasteiger partial charge on any atom is -0.497 e. The van der Waals surface area contributed by atoms with E-state index in [9.17, 15) is 4.79 Å². The molecule has 8 heteroatoms. The van der Waals surface area contributed by atoms with E-state index in [4.69, 9.17) is 25.9 Å². The molecule has 1 N–H and O–H groups in total. The molecule has 25 heavy (non-hydrogen) atoms. The Kier molecular flexibility index (Phi) is 5.04. The van der Waals surface area contributed by atoms with Crippen molar-refractivity contribution in [3.8, 4) is 11.5 Å². The number of hydrogen-bond acceptors (Lipinski definition) is 6. The van der Waals surface area contributed by atoms with Crippen LogP contribution in [0.4, 0.5) is 5.69 Å². The van der Waals surface area contributed by atoms with Gasteiger partial charge in [0.15, 0.2) is 5.15 Å². The maximum atomic E-state index is 12.4. The van der Waals surface area contributed by atoms with E-state index in [0.717, 1.165) is 5.56 Å². The van der Waals surface area contributed by atoms with Gasteiger partial charge in [-0.3, -0.25) is 4.79 Å². The Morgan fingerprint density at radius 2 is 2.16 bits per heavy atom. The standard InChI is InChI=1S/C17H16ClN3O4/c1-23-10-5-6-14(24-2)11(8-10)13-9-15(25-21-13)17(22)20-12-4-3-7-19-16(12)18/h3-8,15H,9H2,1-2H3,(H,20,22)/t15-/m1/s1. The van der Waals surface area contributed by atoms with Crippen LogP contribution in [0.2, 0.25) is 5.15 Å². The minimum absolute atomic E-state index is 0.212. The van der Waals surface area contributed by atoms with Crippen molar-refractivity contribution in [1.29, 1.82) is 0 Å². The lowest BCUT2D eigenvalue weighted by atomic mass is 10.0. The zero-order valence-corrected chi connectivity index (χ0v) is 14.4. The largest absolute Gasteiger partial charge is 0.497 e. The molecule has 1 atom stereocenters. The SMILES string of the molecule is COc1ccc(OC)c(C2=NO[C@@H](C(=O)Nc3cccnc3Cl)C2)c1. The van der Waals surface area contributed by atoms with Gasteiger partial charge in [-0.1, -0.05) is 16.8 Å². The van der Waals surface area contributed by atoms with Gasteiger partial charge < -0.3 is 19.6 Å². The molecule has 0 spiro atoms. The molecule has 2 heterocycles. The van der Waals surface area contributed by atoms with Gasteiger partial charge >= 0.3 is 0 Å². The highest BCUT2D eigenvalue weighted by Crippen LogP contribution is 2.29. The normalized spacial score (nSPS) is 16.0. The van der Waals surface area contributed by atoms with Crippen molar-refractivity contribution in [2.45, 2.75) is 12.5 Å². The Labute approximate surface area is 149 Å². The summed E-state index contributed by atoms with van der Waals surface area (Å²) in [4.78, 5) is 21.6. The summed E-state index contributed by atoms with van der Waals surface area (Å²) >= 11 is 5.95. The molecule has 0 radical (unpaired) electrons. The quantitative estimate of drug-likeness (QED) is 0.828. The molecule has 0 unspecified atom stereocenters. The molecular formula is C17H16ClN3O4. The average molecular weight is 362 g/mol. The highest BCUT2D eigenvalue weighted by molar-refractivity contribution is 6.32. The predicted octanol–water partition coefficient (Wildman–Crippen LogP) is 2.88. The van der Waals surface area contributed by atoms with Crippen molar-refractivity contribution < 1.29 is 19.1 Å². The zero-order chi connectivity index (χ0) is 17.8. The number of rotatable bonds is 5. The Morgan fingerprint density at radius 3 is 2.88 bits per heavy atom. The summed E-state index contributed by atoms with van der Waals surface area (Å²) in [5.41, 5.74) is 1.75. The number of hydrogen-bond donors (Lipinski definition) is 1. The fourth-order valence-corrected chi connectivity index (χ4v) is 2.58. The van der Waals surface area contributed by atoms with Crippen LogP contribution in [-0.4, -0.2) is 36.9 Å². The van der Waals surface area contributed by atoms with Crippen molar-refractivity contribution in [1.82, 2.24) is 4.98 Å². The van der Waals surface area contributed by atoms with Crippen LogP contribution in [0.1, 0.15) is 12.0 Å². The van der Waals surface area contributed by atoms with Crippen LogP contribution < -0.4 is 14.8 Å². The summed E-state index contributed by atoms with van der Waals surface area (Å²) < 4.78 is 10.6. The van der Waals surface area contributed by atoms with Gasteiger partial charge in [-0.05, 0) is 30.3 Å². The molecule has 0 aliphatic carbocycles. The molecule has 0 saturated heterocycles. The number of nitrogens with one attached hydrogen (secondary N) is 1. The lowest BCUT2D eigenvalue weighted by Gasteiger charge is -2.11. The first kappa shape index (κ1) is 17.0. The Morgan fingerprint density at radius 1 is 1.32 bits per heavy atom. The molecule has 0 fully saturated rings. The van der Waals surface area contributed by atoms with Gasteiger partial charge in [0.1, 0.15) is 11.5 Å². The Balaban J connectivity index is 1.73. The number of methoxy groups -OCH3 is 2. The molecule has 7 nitrogen and oxygen atoms in total. The second kappa shape index (κ2) is 7.40. The first-order valence-corrected chi connectivity index (χ1v) is 7.86. The molecule has 0 bridgehead atoms. The number of carbonyl (C=O) groups is 1. The van der Waals surface area contributed by atoms with Crippen molar-refractivity contribution >= 4 is 28.9 Å². The van der Waals surface area contributed by atoms with Crippen LogP contribution in [0.3, 0.4) is 0 Å². The zero-order valence-electron chi connectivity index (χ0n) is 13.7.